The third-order valence-corrected chi connectivity index (χ3v) is 3.51. The first-order chi connectivity index (χ1) is 10.2. The van der Waals surface area contributed by atoms with Gasteiger partial charge in [-0.1, -0.05) is 18.2 Å². The number of para-hydroxylation sites is 1. The molecule has 10 heteroatoms. The first-order valence-electron chi connectivity index (χ1n) is 5.90. The lowest BCUT2D eigenvalue weighted by molar-refractivity contribution is -0.238. The van der Waals surface area contributed by atoms with E-state index in [0.29, 0.717) is 5.69 Å². The van der Waals surface area contributed by atoms with Gasteiger partial charge in [0, 0.05) is 11.8 Å². The molecule has 0 fully saturated rings. The zero-order chi connectivity index (χ0) is 16.1. The number of anilines is 1. The number of alkyl halides is 3. The Morgan fingerprint density at radius 3 is 2.41 bits per heavy atom. The minimum atomic E-state index is -5.08. The topological polar surface area (TPSA) is 51.4 Å². The van der Waals surface area contributed by atoms with Gasteiger partial charge in [-0.15, -0.1) is 0 Å². The summed E-state index contributed by atoms with van der Waals surface area (Å²) in [4.78, 5) is 6.80. The molecule has 0 saturated heterocycles. The normalized spacial score (nSPS) is 24.7. The van der Waals surface area contributed by atoms with Crippen LogP contribution < -0.4 is 5.01 Å². The zero-order valence-corrected chi connectivity index (χ0v) is 12.1. The van der Waals surface area contributed by atoms with Crippen molar-refractivity contribution in [3.8, 4) is 0 Å². The van der Waals surface area contributed by atoms with Crippen LogP contribution in [0.25, 0.3) is 0 Å². The van der Waals surface area contributed by atoms with Crippen molar-refractivity contribution < 1.29 is 18.3 Å². The predicted molar refractivity (Wildman–Crippen MR) is 76.4 cm³/mol. The third-order valence-electron chi connectivity index (χ3n) is 3.09. The van der Waals surface area contributed by atoms with E-state index in [2.05, 4.69) is 9.98 Å². The van der Waals surface area contributed by atoms with E-state index in [1.807, 2.05) is 0 Å². The van der Waals surface area contributed by atoms with E-state index < -0.39 is 22.8 Å². The Morgan fingerprint density at radius 2 is 1.82 bits per heavy atom. The highest BCUT2D eigenvalue weighted by molar-refractivity contribution is 6.66. The highest BCUT2D eigenvalue weighted by Gasteiger charge is 2.62. The number of aliphatic hydroxyl groups is 1. The van der Waals surface area contributed by atoms with Crippen LogP contribution in [0.5, 0.6) is 0 Å². The van der Waals surface area contributed by atoms with Gasteiger partial charge in [-0.2, -0.15) is 22.7 Å². The number of rotatable bonds is 1. The SMILES string of the molecule is OC1(C(F)(F)F)N=C(Cl)N=C2C1=CN(Cl)N2c1ccccc1. The molecule has 0 saturated carbocycles. The fraction of sp³-hybridized carbons (Fsp3) is 0.167. The molecular formula is C12H7Cl2F3N4O. The number of halogens is 5. The van der Waals surface area contributed by atoms with Crippen LogP contribution in [0.15, 0.2) is 52.1 Å². The van der Waals surface area contributed by atoms with Gasteiger partial charge in [-0.3, -0.25) is 0 Å². The molecule has 1 unspecified atom stereocenters. The number of amidine groups is 2. The van der Waals surface area contributed by atoms with Crippen molar-refractivity contribution in [2.24, 2.45) is 9.98 Å². The summed E-state index contributed by atoms with van der Waals surface area (Å²) in [6, 6.07) is 8.30. The summed E-state index contributed by atoms with van der Waals surface area (Å²) in [5.41, 5.74) is -3.67. The molecule has 0 amide bonds. The molecule has 0 aliphatic carbocycles. The Balaban J connectivity index is 2.13. The summed E-state index contributed by atoms with van der Waals surface area (Å²) in [6.07, 6.45) is -4.18. The summed E-state index contributed by atoms with van der Waals surface area (Å²) >= 11 is 11.5. The summed E-state index contributed by atoms with van der Waals surface area (Å²) in [6.45, 7) is 0. The van der Waals surface area contributed by atoms with E-state index in [1.165, 1.54) is 5.01 Å². The number of benzene rings is 1. The van der Waals surface area contributed by atoms with Crippen molar-refractivity contribution in [3.63, 3.8) is 0 Å². The molecule has 116 valence electrons. The molecule has 2 heterocycles. The van der Waals surface area contributed by atoms with Crippen LogP contribution >= 0.6 is 23.4 Å². The monoisotopic (exact) mass is 350 g/mol. The highest BCUT2D eigenvalue weighted by Crippen LogP contribution is 2.44. The maximum atomic E-state index is 13.2. The molecule has 2 aliphatic heterocycles. The van der Waals surface area contributed by atoms with E-state index in [0.717, 1.165) is 10.7 Å². The van der Waals surface area contributed by atoms with E-state index in [-0.39, 0.29) is 5.84 Å². The van der Waals surface area contributed by atoms with Crippen LogP contribution in [0.2, 0.25) is 0 Å². The zero-order valence-electron chi connectivity index (χ0n) is 10.6. The molecule has 0 radical (unpaired) electrons. The van der Waals surface area contributed by atoms with Crippen LogP contribution in [0.4, 0.5) is 18.9 Å². The minimum Gasteiger partial charge on any atom is -0.358 e. The molecule has 2 aliphatic rings. The van der Waals surface area contributed by atoms with E-state index in [4.69, 9.17) is 23.4 Å². The van der Waals surface area contributed by atoms with Crippen molar-refractivity contribution >= 4 is 40.2 Å². The van der Waals surface area contributed by atoms with Crippen LogP contribution in [0.1, 0.15) is 0 Å². The van der Waals surface area contributed by atoms with Crippen molar-refractivity contribution in [2.75, 3.05) is 5.01 Å². The lowest BCUT2D eigenvalue weighted by Gasteiger charge is -2.31. The Bertz CT molecular complexity index is 704. The molecule has 1 aromatic rings. The lowest BCUT2D eigenvalue weighted by Crippen LogP contribution is -2.50. The smallest absolute Gasteiger partial charge is 0.358 e. The largest absolute Gasteiger partial charge is 0.443 e. The molecule has 5 nitrogen and oxygen atoms in total. The van der Waals surface area contributed by atoms with Gasteiger partial charge < -0.3 is 5.11 Å². The maximum Gasteiger partial charge on any atom is 0.443 e. The minimum absolute atomic E-state index is 0.249. The van der Waals surface area contributed by atoms with Gasteiger partial charge in [0.25, 0.3) is 5.72 Å². The fourth-order valence-electron chi connectivity index (χ4n) is 2.10. The molecule has 1 aromatic carbocycles. The third kappa shape index (κ3) is 2.15. The number of aliphatic imine (C=N–C) groups is 2. The Kier molecular flexibility index (Phi) is 3.35. The van der Waals surface area contributed by atoms with Crippen molar-refractivity contribution in [1.82, 2.24) is 4.53 Å². The van der Waals surface area contributed by atoms with E-state index in [1.54, 1.807) is 30.3 Å². The first kappa shape index (κ1) is 15.1. The summed E-state index contributed by atoms with van der Waals surface area (Å²) < 4.78 is 40.5. The second-order valence-electron chi connectivity index (χ2n) is 4.46. The molecule has 1 N–H and O–H groups in total. The summed E-state index contributed by atoms with van der Waals surface area (Å²) in [5.74, 6) is -0.249. The highest BCUT2D eigenvalue weighted by atomic mass is 35.5. The molecular weight excluding hydrogens is 344 g/mol. The average Bonchev–Trinajstić information content (AvgIpc) is 2.75. The van der Waals surface area contributed by atoms with Crippen molar-refractivity contribution in [1.29, 1.82) is 0 Å². The van der Waals surface area contributed by atoms with E-state index >= 15 is 0 Å². The first-order valence-corrected chi connectivity index (χ1v) is 6.61. The maximum absolute atomic E-state index is 13.2. The van der Waals surface area contributed by atoms with Crippen molar-refractivity contribution in [3.05, 3.63) is 42.1 Å². The Labute approximate surface area is 132 Å². The van der Waals surface area contributed by atoms with Crippen LogP contribution in [0, 0.1) is 0 Å². The number of hydrogen-bond acceptors (Lipinski definition) is 5. The molecule has 1 atom stereocenters. The van der Waals surface area contributed by atoms with Gasteiger partial charge in [0.2, 0.25) is 5.29 Å². The van der Waals surface area contributed by atoms with Crippen LogP contribution in [0.3, 0.4) is 0 Å². The van der Waals surface area contributed by atoms with Gasteiger partial charge in [-0.05, 0) is 23.7 Å². The van der Waals surface area contributed by atoms with Crippen LogP contribution in [-0.2, 0) is 0 Å². The standard InChI is InChI=1S/C12H7Cl2F3N4O/c13-10-18-9-8(11(22,19-10)12(15,16)17)6-20(14)21(9)7-4-2-1-3-5-7/h1-6,22H. The van der Waals surface area contributed by atoms with Crippen molar-refractivity contribution in [2.45, 2.75) is 11.9 Å². The number of hydrazine groups is 1. The van der Waals surface area contributed by atoms with Gasteiger partial charge in [0.05, 0.1) is 17.5 Å². The fourth-order valence-corrected chi connectivity index (χ4v) is 2.56. The molecule has 0 aromatic heterocycles. The number of hydrogen-bond donors (Lipinski definition) is 1. The molecule has 0 bridgehead atoms. The number of fused-ring (bicyclic) bond motifs is 1. The lowest BCUT2D eigenvalue weighted by atomic mass is 10.0. The van der Waals surface area contributed by atoms with Gasteiger partial charge in [-0.25, -0.2) is 10.0 Å². The van der Waals surface area contributed by atoms with Gasteiger partial charge >= 0.3 is 6.18 Å². The summed E-state index contributed by atoms with van der Waals surface area (Å²) in [7, 11) is 0. The number of nitrogens with zero attached hydrogens (tertiary/aromatic N) is 4. The Hall–Kier alpha value is -1.77. The second kappa shape index (κ2) is 4.87. The summed E-state index contributed by atoms with van der Waals surface area (Å²) in [5, 5.41) is 10.4. The van der Waals surface area contributed by atoms with Crippen LogP contribution in [-0.4, -0.2) is 32.7 Å². The van der Waals surface area contributed by atoms with Gasteiger partial charge in [0.1, 0.15) is 0 Å². The van der Waals surface area contributed by atoms with E-state index in [9.17, 15) is 18.3 Å². The molecule has 0 spiro atoms. The molecule has 22 heavy (non-hydrogen) atoms. The average molecular weight is 351 g/mol. The Morgan fingerprint density at radius 1 is 1.18 bits per heavy atom. The predicted octanol–water partition coefficient (Wildman–Crippen LogP) is 3.02. The quantitative estimate of drug-likeness (QED) is 0.625. The molecule has 3 rings (SSSR count). The second-order valence-corrected chi connectivity index (χ2v) is 5.15. The van der Waals surface area contributed by atoms with Gasteiger partial charge in [0.15, 0.2) is 5.84 Å².